The van der Waals surface area contributed by atoms with Crippen LogP contribution in [-0.4, -0.2) is 21.5 Å². The van der Waals surface area contributed by atoms with Gasteiger partial charge >= 0.3 is 0 Å². The van der Waals surface area contributed by atoms with E-state index < -0.39 is 0 Å². The van der Waals surface area contributed by atoms with Crippen LogP contribution in [-0.2, 0) is 6.54 Å². The third kappa shape index (κ3) is 2.90. The average molecular weight is 239 g/mol. The fourth-order valence-electron chi connectivity index (χ4n) is 1.26. The third-order valence-corrected chi connectivity index (χ3v) is 2.22. The highest BCUT2D eigenvalue weighted by atomic mass is 35.5. The van der Waals surface area contributed by atoms with Crippen molar-refractivity contribution in [2.24, 2.45) is 0 Å². The lowest BCUT2D eigenvalue weighted by Gasteiger charge is -2.05. The minimum atomic E-state index is 0.228. The van der Waals surface area contributed by atoms with Crippen molar-refractivity contribution in [2.45, 2.75) is 6.54 Å². The molecule has 0 aliphatic carbocycles. The molecule has 0 aliphatic heterocycles. The van der Waals surface area contributed by atoms with Crippen LogP contribution >= 0.6 is 11.6 Å². The van der Waals surface area contributed by atoms with Crippen LogP contribution in [0, 0.1) is 0 Å². The third-order valence-electron chi connectivity index (χ3n) is 2.03. The Balaban J connectivity index is 1.82. The van der Waals surface area contributed by atoms with Crippen molar-refractivity contribution in [3.05, 3.63) is 41.7 Å². The molecule has 1 heterocycles. The molecule has 16 heavy (non-hydrogen) atoms. The molecule has 0 fully saturated rings. The second-order valence-corrected chi connectivity index (χ2v) is 3.70. The minimum Gasteiger partial charge on any atom is -0.508 e. The maximum atomic E-state index is 9.08. The first-order valence-corrected chi connectivity index (χ1v) is 5.21. The zero-order chi connectivity index (χ0) is 11.4. The molecule has 84 valence electrons. The number of aromatic hydroxyl groups is 1. The van der Waals surface area contributed by atoms with Crippen molar-refractivity contribution in [3.8, 4) is 11.5 Å². The second kappa shape index (κ2) is 4.90. The van der Waals surface area contributed by atoms with Crippen LogP contribution in [0.5, 0.6) is 11.5 Å². The molecular formula is C11H11ClN2O2. The standard InChI is InChI=1S/C11H11ClN2O2/c12-9-7-13-14(8-9)5-6-16-11-3-1-10(15)2-4-11/h1-4,7-8,15H,5-6H2. The SMILES string of the molecule is Oc1ccc(OCCn2cc(Cl)cn2)cc1. The van der Waals surface area contributed by atoms with E-state index in [2.05, 4.69) is 5.10 Å². The van der Waals surface area contributed by atoms with Gasteiger partial charge in [0, 0.05) is 6.20 Å². The van der Waals surface area contributed by atoms with Gasteiger partial charge in [0.1, 0.15) is 18.1 Å². The van der Waals surface area contributed by atoms with Gasteiger partial charge in [-0.15, -0.1) is 0 Å². The number of ether oxygens (including phenoxy) is 1. The summed E-state index contributed by atoms with van der Waals surface area (Å²) >= 11 is 5.72. The van der Waals surface area contributed by atoms with Crippen LogP contribution in [0.2, 0.25) is 5.02 Å². The van der Waals surface area contributed by atoms with Gasteiger partial charge in [-0.1, -0.05) is 11.6 Å². The predicted octanol–water partition coefficient (Wildman–Crippen LogP) is 2.32. The molecule has 0 saturated carbocycles. The summed E-state index contributed by atoms with van der Waals surface area (Å²) < 4.78 is 7.17. The summed E-state index contributed by atoms with van der Waals surface area (Å²) in [6.45, 7) is 1.14. The Bertz CT molecular complexity index is 453. The smallest absolute Gasteiger partial charge is 0.119 e. The Morgan fingerprint density at radius 2 is 2.06 bits per heavy atom. The Hall–Kier alpha value is -1.68. The summed E-state index contributed by atoms with van der Waals surface area (Å²) in [5, 5.41) is 13.7. The number of rotatable bonds is 4. The molecule has 0 unspecified atom stereocenters. The van der Waals surface area contributed by atoms with Gasteiger partial charge in [-0.3, -0.25) is 4.68 Å². The van der Waals surface area contributed by atoms with E-state index in [0.29, 0.717) is 18.2 Å². The molecule has 4 nitrogen and oxygen atoms in total. The topological polar surface area (TPSA) is 47.3 Å². The van der Waals surface area contributed by atoms with Crippen molar-refractivity contribution < 1.29 is 9.84 Å². The van der Waals surface area contributed by atoms with E-state index in [1.54, 1.807) is 41.3 Å². The van der Waals surface area contributed by atoms with E-state index in [-0.39, 0.29) is 5.75 Å². The fourth-order valence-corrected chi connectivity index (χ4v) is 1.42. The molecule has 1 N–H and O–H groups in total. The molecule has 0 bridgehead atoms. The number of benzene rings is 1. The molecular weight excluding hydrogens is 228 g/mol. The summed E-state index contributed by atoms with van der Waals surface area (Å²) in [5.74, 6) is 0.947. The quantitative estimate of drug-likeness (QED) is 0.889. The maximum absolute atomic E-state index is 9.08. The number of phenolic OH excluding ortho intramolecular Hbond substituents is 1. The second-order valence-electron chi connectivity index (χ2n) is 3.26. The van der Waals surface area contributed by atoms with Gasteiger partial charge in [-0.2, -0.15) is 5.10 Å². The lowest BCUT2D eigenvalue weighted by Crippen LogP contribution is -2.08. The first kappa shape index (κ1) is 10.8. The van der Waals surface area contributed by atoms with Crippen LogP contribution in [0.15, 0.2) is 36.7 Å². The summed E-state index contributed by atoms with van der Waals surface area (Å²) in [7, 11) is 0. The van der Waals surface area contributed by atoms with E-state index in [9.17, 15) is 0 Å². The predicted molar refractivity (Wildman–Crippen MR) is 60.8 cm³/mol. The maximum Gasteiger partial charge on any atom is 0.119 e. The zero-order valence-corrected chi connectivity index (χ0v) is 9.26. The number of halogens is 1. The first-order chi connectivity index (χ1) is 7.74. The highest BCUT2D eigenvalue weighted by Crippen LogP contribution is 2.15. The van der Waals surface area contributed by atoms with Gasteiger partial charge in [0.05, 0.1) is 17.8 Å². The van der Waals surface area contributed by atoms with Crippen LogP contribution in [0.1, 0.15) is 0 Å². The number of nitrogens with zero attached hydrogens (tertiary/aromatic N) is 2. The molecule has 0 spiro atoms. The zero-order valence-electron chi connectivity index (χ0n) is 8.51. The minimum absolute atomic E-state index is 0.228. The molecule has 2 aromatic rings. The molecule has 1 aromatic carbocycles. The summed E-state index contributed by atoms with van der Waals surface area (Å²) in [6, 6.07) is 6.59. The van der Waals surface area contributed by atoms with Crippen molar-refractivity contribution in [1.29, 1.82) is 0 Å². The highest BCUT2D eigenvalue weighted by Gasteiger charge is 1.97. The Morgan fingerprint density at radius 1 is 1.31 bits per heavy atom. The van der Waals surface area contributed by atoms with Gasteiger partial charge in [-0.25, -0.2) is 0 Å². The van der Waals surface area contributed by atoms with Gasteiger partial charge in [-0.05, 0) is 24.3 Å². The Morgan fingerprint density at radius 3 is 2.69 bits per heavy atom. The van der Waals surface area contributed by atoms with E-state index in [1.165, 1.54) is 0 Å². The number of aromatic nitrogens is 2. The number of hydrogen-bond donors (Lipinski definition) is 1. The highest BCUT2D eigenvalue weighted by molar-refractivity contribution is 6.30. The Kier molecular flexibility index (Phi) is 3.31. The van der Waals surface area contributed by atoms with E-state index in [4.69, 9.17) is 21.4 Å². The summed E-state index contributed by atoms with van der Waals surface area (Å²) in [6.07, 6.45) is 3.32. The number of phenols is 1. The molecule has 0 saturated heterocycles. The van der Waals surface area contributed by atoms with Crippen molar-refractivity contribution in [1.82, 2.24) is 9.78 Å². The summed E-state index contributed by atoms with van der Waals surface area (Å²) in [4.78, 5) is 0. The molecule has 1 aromatic heterocycles. The molecule has 0 atom stereocenters. The van der Waals surface area contributed by atoms with Gasteiger partial charge in [0.15, 0.2) is 0 Å². The van der Waals surface area contributed by atoms with Gasteiger partial charge in [0.25, 0.3) is 0 Å². The average Bonchev–Trinajstić information content (AvgIpc) is 2.67. The normalized spacial score (nSPS) is 10.3. The summed E-state index contributed by atoms with van der Waals surface area (Å²) in [5.41, 5.74) is 0. The van der Waals surface area contributed by atoms with Gasteiger partial charge < -0.3 is 9.84 Å². The number of hydrogen-bond acceptors (Lipinski definition) is 3. The van der Waals surface area contributed by atoms with Gasteiger partial charge in [0.2, 0.25) is 0 Å². The molecule has 0 radical (unpaired) electrons. The van der Waals surface area contributed by atoms with Crippen LogP contribution in [0.4, 0.5) is 0 Å². The van der Waals surface area contributed by atoms with Crippen LogP contribution in [0.25, 0.3) is 0 Å². The van der Waals surface area contributed by atoms with E-state index in [0.717, 1.165) is 5.75 Å². The largest absolute Gasteiger partial charge is 0.508 e. The van der Waals surface area contributed by atoms with Crippen molar-refractivity contribution in [3.63, 3.8) is 0 Å². The van der Waals surface area contributed by atoms with E-state index >= 15 is 0 Å². The van der Waals surface area contributed by atoms with Crippen molar-refractivity contribution in [2.75, 3.05) is 6.61 Å². The monoisotopic (exact) mass is 238 g/mol. The lowest BCUT2D eigenvalue weighted by atomic mass is 10.3. The first-order valence-electron chi connectivity index (χ1n) is 4.84. The van der Waals surface area contributed by atoms with E-state index in [1.807, 2.05) is 0 Å². The molecule has 0 aliphatic rings. The lowest BCUT2D eigenvalue weighted by molar-refractivity contribution is 0.291. The van der Waals surface area contributed by atoms with Crippen molar-refractivity contribution >= 4 is 11.6 Å². The fraction of sp³-hybridized carbons (Fsp3) is 0.182. The molecule has 5 heteroatoms. The molecule has 2 rings (SSSR count). The van der Waals surface area contributed by atoms with Crippen LogP contribution in [0.3, 0.4) is 0 Å². The molecule has 0 amide bonds. The van der Waals surface area contributed by atoms with Crippen LogP contribution < -0.4 is 4.74 Å². The Labute approximate surface area is 98.0 Å².